The topological polar surface area (TPSA) is 75.4 Å². The number of halogens is 1. The molecule has 1 aromatic heterocycles. The van der Waals surface area contributed by atoms with Gasteiger partial charge >= 0.3 is 0 Å². The van der Waals surface area contributed by atoms with Gasteiger partial charge in [0, 0.05) is 24.4 Å². The molecule has 0 aliphatic carbocycles. The molecule has 4 aromatic rings. The standard InChI is InChI=1S/C26H24FN3O3S/c1-2-30(16-24(31)28-15-18-11-13-20(27)14-12-18)25(32)21-8-4-3-7-19(21)17-34-26-29-22-9-5-6-10-23(22)33-26/h3-14H,2,15-17H2,1H3,(H,28,31). The van der Waals surface area contributed by atoms with Gasteiger partial charge in [-0.1, -0.05) is 54.2 Å². The Morgan fingerprint density at radius 1 is 1.03 bits per heavy atom. The summed E-state index contributed by atoms with van der Waals surface area (Å²) in [5.41, 5.74) is 3.67. The number of likely N-dealkylation sites (N-methyl/N-ethyl adjacent to an activating group) is 1. The third-order valence-corrected chi connectivity index (χ3v) is 6.16. The average Bonchev–Trinajstić information content (AvgIpc) is 3.28. The maximum atomic E-state index is 13.3. The second kappa shape index (κ2) is 11.0. The SMILES string of the molecule is CCN(CC(=O)NCc1ccc(F)cc1)C(=O)c1ccccc1CSc1nc2ccccc2o1. The predicted octanol–water partition coefficient (Wildman–Crippen LogP) is 5.04. The molecule has 0 spiro atoms. The van der Waals surface area contributed by atoms with E-state index in [0.29, 0.717) is 23.1 Å². The molecule has 3 aromatic carbocycles. The lowest BCUT2D eigenvalue weighted by atomic mass is 10.1. The quantitative estimate of drug-likeness (QED) is 0.342. The molecule has 0 saturated heterocycles. The van der Waals surface area contributed by atoms with Crippen LogP contribution in [0.2, 0.25) is 0 Å². The van der Waals surface area contributed by atoms with Crippen molar-refractivity contribution in [3.05, 3.63) is 95.3 Å². The van der Waals surface area contributed by atoms with E-state index >= 15 is 0 Å². The summed E-state index contributed by atoms with van der Waals surface area (Å²) in [6, 6.07) is 20.8. The molecule has 1 N–H and O–H groups in total. The number of benzene rings is 3. The minimum Gasteiger partial charge on any atom is -0.431 e. The van der Waals surface area contributed by atoms with Gasteiger partial charge in [-0.2, -0.15) is 0 Å². The number of rotatable bonds is 9. The molecule has 0 aliphatic rings. The number of hydrogen-bond donors (Lipinski definition) is 1. The molecule has 4 rings (SSSR count). The first kappa shape index (κ1) is 23.5. The van der Waals surface area contributed by atoms with E-state index in [4.69, 9.17) is 4.42 Å². The van der Waals surface area contributed by atoms with Crippen LogP contribution in [0.15, 0.2) is 82.4 Å². The zero-order valence-corrected chi connectivity index (χ0v) is 19.5. The second-order valence-electron chi connectivity index (χ2n) is 7.62. The third kappa shape index (κ3) is 5.82. The first-order valence-corrected chi connectivity index (χ1v) is 11.9. The lowest BCUT2D eigenvalue weighted by Gasteiger charge is -2.22. The number of fused-ring (bicyclic) bond motifs is 1. The van der Waals surface area contributed by atoms with Gasteiger partial charge in [0.15, 0.2) is 5.58 Å². The normalized spacial score (nSPS) is 10.9. The molecule has 1 heterocycles. The van der Waals surface area contributed by atoms with Crippen molar-refractivity contribution in [3.63, 3.8) is 0 Å². The molecule has 174 valence electrons. The average molecular weight is 478 g/mol. The number of nitrogens with one attached hydrogen (secondary N) is 1. The van der Waals surface area contributed by atoms with Crippen molar-refractivity contribution in [3.8, 4) is 0 Å². The summed E-state index contributed by atoms with van der Waals surface area (Å²) in [4.78, 5) is 31.7. The van der Waals surface area contributed by atoms with Gasteiger partial charge in [-0.25, -0.2) is 9.37 Å². The van der Waals surface area contributed by atoms with Crippen LogP contribution in [0, 0.1) is 5.82 Å². The zero-order chi connectivity index (χ0) is 23.9. The molecule has 0 atom stereocenters. The van der Waals surface area contributed by atoms with E-state index in [0.717, 1.165) is 22.2 Å². The molecule has 6 nitrogen and oxygen atoms in total. The lowest BCUT2D eigenvalue weighted by Crippen LogP contribution is -2.40. The molecule has 0 bridgehead atoms. The van der Waals surface area contributed by atoms with Gasteiger partial charge in [-0.3, -0.25) is 9.59 Å². The van der Waals surface area contributed by atoms with Crippen molar-refractivity contribution in [1.29, 1.82) is 0 Å². The van der Waals surface area contributed by atoms with E-state index in [-0.39, 0.29) is 30.7 Å². The molecule has 0 unspecified atom stereocenters. The first-order chi connectivity index (χ1) is 16.5. The van der Waals surface area contributed by atoms with Gasteiger partial charge in [0.05, 0.1) is 6.54 Å². The van der Waals surface area contributed by atoms with Crippen LogP contribution in [-0.4, -0.2) is 34.8 Å². The number of nitrogens with zero attached hydrogens (tertiary/aromatic N) is 2. The molecular formula is C26H24FN3O3S. The number of oxazole rings is 1. The lowest BCUT2D eigenvalue weighted by molar-refractivity contribution is -0.121. The van der Waals surface area contributed by atoms with Gasteiger partial charge in [0.1, 0.15) is 11.3 Å². The number of para-hydroxylation sites is 2. The van der Waals surface area contributed by atoms with E-state index < -0.39 is 0 Å². The summed E-state index contributed by atoms with van der Waals surface area (Å²) in [5, 5.41) is 3.32. The minimum atomic E-state index is -0.328. The van der Waals surface area contributed by atoms with E-state index in [1.54, 1.807) is 18.2 Å². The molecule has 0 saturated carbocycles. The number of thioether (sulfide) groups is 1. The minimum absolute atomic E-state index is 0.0663. The van der Waals surface area contributed by atoms with E-state index in [9.17, 15) is 14.0 Å². The van der Waals surface area contributed by atoms with Crippen LogP contribution in [0.25, 0.3) is 11.1 Å². The van der Waals surface area contributed by atoms with E-state index in [2.05, 4.69) is 10.3 Å². The predicted molar refractivity (Wildman–Crippen MR) is 130 cm³/mol. The number of aromatic nitrogens is 1. The molecule has 34 heavy (non-hydrogen) atoms. The van der Waals surface area contributed by atoms with Crippen LogP contribution in [0.5, 0.6) is 0 Å². The number of amides is 2. The van der Waals surface area contributed by atoms with Crippen LogP contribution in [0.1, 0.15) is 28.4 Å². The zero-order valence-electron chi connectivity index (χ0n) is 18.7. The molecule has 0 radical (unpaired) electrons. The van der Waals surface area contributed by atoms with Crippen molar-refractivity contribution in [2.75, 3.05) is 13.1 Å². The first-order valence-electron chi connectivity index (χ1n) is 10.9. The Balaban J connectivity index is 1.39. The molecular weight excluding hydrogens is 453 g/mol. The van der Waals surface area contributed by atoms with Crippen molar-refractivity contribution >= 4 is 34.7 Å². The fourth-order valence-corrected chi connectivity index (χ4v) is 4.28. The fraction of sp³-hybridized carbons (Fsp3) is 0.192. The number of hydrogen-bond acceptors (Lipinski definition) is 5. The summed E-state index contributed by atoms with van der Waals surface area (Å²) in [6.07, 6.45) is 0. The molecule has 2 amide bonds. The van der Waals surface area contributed by atoms with Gasteiger partial charge in [-0.05, 0) is 48.4 Å². The number of carbonyl (C=O) groups is 2. The van der Waals surface area contributed by atoms with Gasteiger partial charge in [0.25, 0.3) is 11.1 Å². The summed E-state index contributed by atoms with van der Waals surface area (Å²) >= 11 is 1.42. The Labute approximate surface area is 201 Å². The highest BCUT2D eigenvalue weighted by atomic mass is 32.2. The van der Waals surface area contributed by atoms with Crippen molar-refractivity contribution in [1.82, 2.24) is 15.2 Å². The van der Waals surface area contributed by atoms with Crippen LogP contribution >= 0.6 is 11.8 Å². The smallest absolute Gasteiger partial charge is 0.257 e. The Hall–Kier alpha value is -3.65. The van der Waals surface area contributed by atoms with Crippen molar-refractivity contribution in [2.45, 2.75) is 24.4 Å². The highest BCUT2D eigenvalue weighted by Crippen LogP contribution is 2.27. The van der Waals surface area contributed by atoms with E-state index in [1.165, 1.54) is 28.8 Å². The van der Waals surface area contributed by atoms with Crippen LogP contribution in [-0.2, 0) is 17.1 Å². The molecule has 8 heteroatoms. The Bertz CT molecular complexity index is 1260. The summed E-state index contributed by atoms with van der Waals surface area (Å²) in [6.45, 7) is 2.42. The van der Waals surface area contributed by atoms with Gasteiger partial charge in [-0.15, -0.1) is 0 Å². The fourth-order valence-electron chi connectivity index (χ4n) is 3.44. The summed E-state index contributed by atoms with van der Waals surface area (Å²) in [7, 11) is 0. The summed E-state index contributed by atoms with van der Waals surface area (Å²) < 4.78 is 18.8. The maximum absolute atomic E-state index is 13.3. The Morgan fingerprint density at radius 3 is 2.53 bits per heavy atom. The van der Waals surface area contributed by atoms with Crippen LogP contribution < -0.4 is 5.32 Å². The highest BCUT2D eigenvalue weighted by molar-refractivity contribution is 7.98. The second-order valence-corrected chi connectivity index (χ2v) is 8.54. The Morgan fingerprint density at radius 2 is 1.76 bits per heavy atom. The largest absolute Gasteiger partial charge is 0.431 e. The third-order valence-electron chi connectivity index (χ3n) is 5.28. The number of carbonyl (C=O) groups excluding carboxylic acids is 2. The highest BCUT2D eigenvalue weighted by Gasteiger charge is 2.20. The summed E-state index contributed by atoms with van der Waals surface area (Å²) in [5.74, 6) is -0.319. The van der Waals surface area contributed by atoms with Crippen molar-refractivity contribution < 1.29 is 18.4 Å². The van der Waals surface area contributed by atoms with Crippen molar-refractivity contribution in [2.24, 2.45) is 0 Å². The molecule has 0 aliphatic heterocycles. The van der Waals surface area contributed by atoms with E-state index in [1.807, 2.05) is 49.4 Å². The van der Waals surface area contributed by atoms with Crippen LogP contribution in [0.4, 0.5) is 4.39 Å². The van der Waals surface area contributed by atoms with Gasteiger partial charge < -0.3 is 14.6 Å². The van der Waals surface area contributed by atoms with Crippen LogP contribution in [0.3, 0.4) is 0 Å². The van der Waals surface area contributed by atoms with Gasteiger partial charge in [0.2, 0.25) is 5.91 Å². The Kier molecular flexibility index (Phi) is 7.59. The maximum Gasteiger partial charge on any atom is 0.257 e. The monoisotopic (exact) mass is 477 g/mol. The molecule has 0 fully saturated rings.